The lowest BCUT2D eigenvalue weighted by atomic mass is 10.0. The molecule has 28 heavy (non-hydrogen) atoms. The van der Waals surface area contributed by atoms with Gasteiger partial charge in [0.05, 0.1) is 19.2 Å². The summed E-state index contributed by atoms with van der Waals surface area (Å²) < 4.78 is 4.91. The molecule has 0 saturated heterocycles. The first kappa shape index (κ1) is 21.6. The second-order valence-corrected chi connectivity index (χ2v) is 7.60. The molecule has 1 atom stereocenters. The van der Waals surface area contributed by atoms with Gasteiger partial charge in [-0.1, -0.05) is 39.8 Å². The molecule has 0 aliphatic carbocycles. The number of nitrogens with one attached hydrogen (secondary N) is 2. The smallest absolute Gasteiger partial charge is 0.328 e. The van der Waals surface area contributed by atoms with E-state index in [1.54, 1.807) is 0 Å². The number of hydrogen-bond donors (Lipinski definition) is 2. The number of amides is 1. The molecule has 7 heteroatoms. The van der Waals surface area contributed by atoms with Gasteiger partial charge in [0.25, 0.3) is 0 Å². The summed E-state index contributed by atoms with van der Waals surface area (Å²) >= 11 is 0. The molecule has 0 aliphatic heterocycles. The zero-order valence-corrected chi connectivity index (χ0v) is 17.3. The third-order valence-electron chi connectivity index (χ3n) is 4.46. The number of carbonyl (C=O) groups excluding carboxylic acids is 2. The topological polar surface area (TPSA) is 93.2 Å². The van der Waals surface area contributed by atoms with Crippen molar-refractivity contribution in [1.29, 1.82) is 0 Å². The van der Waals surface area contributed by atoms with E-state index in [1.807, 2.05) is 38.1 Å². The van der Waals surface area contributed by atoms with Crippen LogP contribution in [0.3, 0.4) is 0 Å². The van der Waals surface area contributed by atoms with Gasteiger partial charge < -0.3 is 15.4 Å². The first-order chi connectivity index (χ1) is 13.3. The molecule has 1 heterocycles. The summed E-state index contributed by atoms with van der Waals surface area (Å²) in [7, 11) is 1.37. The monoisotopic (exact) mass is 386 g/mol. The molecule has 0 spiro atoms. The number of nitrogens with zero attached hydrogens (tertiary/aromatic N) is 2. The van der Waals surface area contributed by atoms with Gasteiger partial charge in [-0.2, -0.15) is 0 Å². The maximum Gasteiger partial charge on any atom is 0.328 e. The van der Waals surface area contributed by atoms with Gasteiger partial charge in [0, 0.05) is 11.8 Å². The van der Waals surface area contributed by atoms with Crippen LogP contribution in [0.25, 0.3) is 10.9 Å². The molecule has 0 bridgehead atoms. The van der Waals surface area contributed by atoms with E-state index >= 15 is 0 Å². The van der Waals surface area contributed by atoms with Crippen molar-refractivity contribution in [1.82, 2.24) is 15.3 Å². The number of hydrogen-bond acceptors (Lipinski definition) is 6. The number of ether oxygens (including phenoxy) is 1. The Hall–Kier alpha value is -2.70. The Labute approximate surface area is 166 Å². The lowest BCUT2D eigenvalue weighted by Crippen LogP contribution is -2.36. The highest BCUT2D eigenvalue weighted by atomic mass is 16.5. The molecule has 152 valence electrons. The molecule has 1 aromatic carbocycles. The second-order valence-electron chi connectivity index (χ2n) is 7.60. The minimum absolute atomic E-state index is 0.0142. The summed E-state index contributed by atoms with van der Waals surface area (Å²) in [5, 5.41) is 6.89. The van der Waals surface area contributed by atoms with E-state index in [4.69, 9.17) is 4.74 Å². The van der Waals surface area contributed by atoms with Crippen LogP contribution in [0.5, 0.6) is 0 Å². The molecule has 2 rings (SSSR count). The molecule has 2 aromatic rings. The number of benzene rings is 1. The maximum absolute atomic E-state index is 12.1. The minimum Gasteiger partial charge on any atom is -0.467 e. The van der Waals surface area contributed by atoms with Gasteiger partial charge in [-0.15, -0.1) is 0 Å². The highest BCUT2D eigenvalue weighted by molar-refractivity contribution is 5.91. The molecule has 0 aliphatic rings. The van der Waals surface area contributed by atoms with Gasteiger partial charge in [0.15, 0.2) is 5.82 Å². The van der Waals surface area contributed by atoms with Gasteiger partial charge in [0.2, 0.25) is 5.91 Å². The quantitative estimate of drug-likeness (QED) is 0.643. The summed E-state index contributed by atoms with van der Waals surface area (Å²) in [6.45, 7) is 8.29. The van der Waals surface area contributed by atoms with Crippen molar-refractivity contribution >= 4 is 28.6 Å². The normalized spacial score (nSPS) is 12.2. The van der Waals surface area contributed by atoms with Crippen LogP contribution in [0, 0.1) is 11.8 Å². The summed E-state index contributed by atoms with van der Waals surface area (Å²) in [5.74, 6) is 1.17. The number of esters is 1. The fourth-order valence-corrected chi connectivity index (χ4v) is 2.77. The standard InChI is InChI=1S/C21H30N4O3/c1-13(2)10-11-18(26)22-12-17-23-16-9-7-6-8-15(16)20(24-17)25-19(14(3)4)21(27)28-5/h6-9,13-14,19H,10-12H2,1-5H3,(H,22,26)(H,23,24,25)/t19-/m0/s1. The number of rotatable bonds is 9. The van der Waals surface area contributed by atoms with Crippen molar-refractivity contribution in [3.8, 4) is 0 Å². The molecule has 2 N–H and O–H groups in total. The van der Waals surface area contributed by atoms with Gasteiger partial charge in [-0.3, -0.25) is 4.79 Å². The first-order valence-corrected chi connectivity index (χ1v) is 9.68. The predicted octanol–water partition coefficient (Wildman–Crippen LogP) is 3.29. The number of para-hydroxylation sites is 1. The van der Waals surface area contributed by atoms with E-state index in [0.29, 0.717) is 24.0 Å². The lowest BCUT2D eigenvalue weighted by molar-refractivity contribution is -0.142. The number of carbonyl (C=O) groups is 2. The summed E-state index contributed by atoms with van der Waals surface area (Å²) in [4.78, 5) is 33.3. The number of aromatic nitrogens is 2. The average molecular weight is 386 g/mol. The van der Waals surface area contributed by atoms with Gasteiger partial charge in [-0.25, -0.2) is 14.8 Å². The van der Waals surface area contributed by atoms with E-state index in [9.17, 15) is 9.59 Å². The largest absolute Gasteiger partial charge is 0.467 e. The van der Waals surface area contributed by atoms with E-state index in [-0.39, 0.29) is 24.3 Å². The van der Waals surface area contributed by atoms with Crippen molar-refractivity contribution < 1.29 is 14.3 Å². The van der Waals surface area contributed by atoms with E-state index in [1.165, 1.54) is 7.11 Å². The zero-order valence-electron chi connectivity index (χ0n) is 17.3. The SMILES string of the molecule is COC(=O)[C@@H](Nc1nc(CNC(=O)CCC(C)C)nc2ccccc12)C(C)C. The second kappa shape index (κ2) is 10.0. The molecule has 0 saturated carbocycles. The van der Waals surface area contributed by atoms with E-state index < -0.39 is 6.04 Å². The lowest BCUT2D eigenvalue weighted by Gasteiger charge is -2.21. The Morgan fingerprint density at radius 2 is 1.82 bits per heavy atom. The van der Waals surface area contributed by atoms with Crippen molar-refractivity contribution in [2.24, 2.45) is 11.8 Å². The summed E-state index contributed by atoms with van der Waals surface area (Å²) in [6, 6.07) is 7.04. The first-order valence-electron chi connectivity index (χ1n) is 9.68. The van der Waals surface area contributed by atoms with Crippen LogP contribution >= 0.6 is 0 Å². The molecule has 0 radical (unpaired) electrons. The molecule has 7 nitrogen and oxygen atoms in total. The Morgan fingerprint density at radius 1 is 1.11 bits per heavy atom. The molecular weight excluding hydrogens is 356 g/mol. The Balaban J connectivity index is 2.24. The Kier molecular flexibility index (Phi) is 7.72. The number of methoxy groups -OCH3 is 1. The molecular formula is C21H30N4O3. The number of fused-ring (bicyclic) bond motifs is 1. The van der Waals surface area contributed by atoms with E-state index in [0.717, 1.165) is 17.3 Å². The third-order valence-corrected chi connectivity index (χ3v) is 4.46. The third kappa shape index (κ3) is 5.90. The van der Waals surface area contributed by atoms with Crippen LogP contribution in [0.2, 0.25) is 0 Å². The van der Waals surface area contributed by atoms with Gasteiger partial charge in [-0.05, 0) is 30.4 Å². The van der Waals surface area contributed by atoms with E-state index in [2.05, 4.69) is 34.4 Å². The fraction of sp³-hybridized carbons (Fsp3) is 0.524. The highest BCUT2D eigenvalue weighted by Gasteiger charge is 2.24. The van der Waals surface area contributed by atoms with Crippen molar-refractivity contribution in [3.05, 3.63) is 30.1 Å². The Morgan fingerprint density at radius 3 is 2.46 bits per heavy atom. The molecule has 0 fully saturated rings. The highest BCUT2D eigenvalue weighted by Crippen LogP contribution is 2.22. The van der Waals surface area contributed by atoms with Crippen molar-refractivity contribution in [2.45, 2.75) is 53.1 Å². The fourth-order valence-electron chi connectivity index (χ4n) is 2.77. The zero-order chi connectivity index (χ0) is 20.7. The molecule has 1 amide bonds. The molecule has 1 aromatic heterocycles. The average Bonchev–Trinajstić information content (AvgIpc) is 2.67. The maximum atomic E-state index is 12.1. The molecule has 0 unspecified atom stereocenters. The van der Waals surface area contributed by atoms with Gasteiger partial charge in [0.1, 0.15) is 11.9 Å². The summed E-state index contributed by atoms with van der Waals surface area (Å²) in [5.41, 5.74) is 0.749. The van der Waals surface area contributed by atoms with Crippen molar-refractivity contribution in [2.75, 3.05) is 12.4 Å². The van der Waals surface area contributed by atoms with Crippen molar-refractivity contribution in [3.63, 3.8) is 0 Å². The number of anilines is 1. The van der Waals surface area contributed by atoms with Crippen LogP contribution in [0.15, 0.2) is 24.3 Å². The minimum atomic E-state index is -0.531. The van der Waals surface area contributed by atoms with Crippen LogP contribution in [0.4, 0.5) is 5.82 Å². The van der Waals surface area contributed by atoms with Crippen LogP contribution in [-0.4, -0.2) is 35.0 Å². The van der Waals surface area contributed by atoms with Gasteiger partial charge >= 0.3 is 5.97 Å². The summed E-state index contributed by atoms with van der Waals surface area (Å²) in [6.07, 6.45) is 1.32. The predicted molar refractivity (Wildman–Crippen MR) is 110 cm³/mol. The Bertz CT molecular complexity index is 820. The van der Waals surface area contributed by atoms with Crippen LogP contribution < -0.4 is 10.6 Å². The van der Waals surface area contributed by atoms with Crippen LogP contribution in [0.1, 0.15) is 46.4 Å². The van der Waals surface area contributed by atoms with Crippen LogP contribution in [-0.2, 0) is 20.9 Å².